The third kappa shape index (κ3) is 6.27. The number of ether oxygens (including phenoxy) is 3. The summed E-state index contributed by atoms with van der Waals surface area (Å²) in [6.07, 6.45) is 3.59. The summed E-state index contributed by atoms with van der Waals surface area (Å²) in [4.78, 5) is 42.2. The number of rotatable bonds is 12. The number of nitrogen functional groups attached to an aromatic ring is 1. The summed E-state index contributed by atoms with van der Waals surface area (Å²) in [5, 5.41) is 0. The fourth-order valence-corrected chi connectivity index (χ4v) is 3.96. The Bertz CT molecular complexity index is 1070. The molecule has 186 valence electrons. The van der Waals surface area contributed by atoms with Gasteiger partial charge < -0.3 is 19.9 Å². The molecular formula is C24H34N4O6. The number of carbonyl (C=O) groups excluding carboxylic acids is 1. The number of hydrogen-bond donors (Lipinski definition) is 2. The fraction of sp³-hybridized carbons (Fsp3) is 0.542. The van der Waals surface area contributed by atoms with E-state index >= 15 is 0 Å². The van der Waals surface area contributed by atoms with Crippen molar-refractivity contribution < 1.29 is 19.0 Å². The van der Waals surface area contributed by atoms with E-state index in [9.17, 15) is 14.4 Å². The van der Waals surface area contributed by atoms with Crippen LogP contribution in [0.1, 0.15) is 44.6 Å². The minimum absolute atomic E-state index is 0.0364. The number of nitrogens with zero attached hydrogens (tertiary/aromatic N) is 2. The van der Waals surface area contributed by atoms with Gasteiger partial charge in [-0.15, -0.1) is 0 Å². The molecule has 1 atom stereocenters. The summed E-state index contributed by atoms with van der Waals surface area (Å²) in [7, 11) is 1.54. The second-order valence-electron chi connectivity index (χ2n) is 8.25. The van der Waals surface area contributed by atoms with Gasteiger partial charge in [0.1, 0.15) is 11.6 Å². The largest absolute Gasteiger partial charge is 0.496 e. The van der Waals surface area contributed by atoms with Crippen molar-refractivity contribution in [3.05, 3.63) is 50.7 Å². The number of methoxy groups -OCH3 is 1. The maximum absolute atomic E-state index is 13.3. The van der Waals surface area contributed by atoms with Crippen molar-refractivity contribution in [2.24, 2.45) is 0 Å². The molecule has 1 amide bonds. The Hall–Kier alpha value is -3.11. The lowest BCUT2D eigenvalue weighted by Crippen LogP contribution is -2.41. The quantitative estimate of drug-likeness (QED) is 0.451. The highest BCUT2D eigenvalue weighted by molar-refractivity contribution is 5.95. The Balaban J connectivity index is 1.89. The summed E-state index contributed by atoms with van der Waals surface area (Å²) in [5.74, 6) is 0.186. The molecule has 0 aliphatic carbocycles. The van der Waals surface area contributed by atoms with E-state index in [0.29, 0.717) is 30.9 Å². The summed E-state index contributed by atoms with van der Waals surface area (Å²) in [6, 6.07) is 7.23. The molecule has 10 nitrogen and oxygen atoms in total. The van der Waals surface area contributed by atoms with Gasteiger partial charge in [-0.1, -0.05) is 31.5 Å². The first kappa shape index (κ1) is 25.5. The van der Waals surface area contributed by atoms with E-state index in [-0.39, 0.29) is 43.1 Å². The van der Waals surface area contributed by atoms with Crippen LogP contribution in [-0.4, -0.2) is 48.5 Å². The van der Waals surface area contributed by atoms with Crippen LogP contribution in [0, 0.1) is 0 Å². The van der Waals surface area contributed by atoms with Crippen molar-refractivity contribution in [3.63, 3.8) is 0 Å². The average molecular weight is 475 g/mol. The zero-order valence-corrected chi connectivity index (χ0v) is 19.9. The Morgan fingerprint density at radius 3 is 2.82 bits per heavy atom. The third-order valence-corrected chi connectivity index (χ3v) is 5.83. The lowest BCUT2D eigenvalue weighted by atomic mass is 10.1. The molecule has 1 saturated heterocycles. The molecule has 1 unspecified atom stereocenters. The first-order chi connectivity index (χ1) is 16.5. The molecule has 0 spiro atoms. The highest BCUT2D eigenvalue weighted by atomic mass is 16.5. The molecule has 1 fully saturated rings. The Morgan fingerprint density at radius 1 is 1.32 bits per heavy atom. The van der Waals surface area contributed by atoms with Gasteiger partial charge >= 0.3 is 5.69 Å². The van der Waals surface area contributed by atoms with E-state index in [1.807, 2.05) is 25.1 Å². The number of aromatic nitrogens is 2. The van der Waals surface area contributed by atoms with Crippen LogP contribution in [0.25, 0.3) is 0 Å². The number of carbonyl (C=O) groups is 1. The van der Waals surface area contributed by atoms with E-state index in [4.69, 9.17) is 19.9 Å². The highest BCUT2D eigenvalue weighted by Crippen LogP contribution is 2.25. The molecule has 2 aromatic rings. The van der Waals surface area contributed by atoms with E-state index in [0.717, 1.165) is 25.9 Å². The van der Waals surface area contributed by atoms with Gasteiger partial charge in [-0.3, -0.25) is 24.0 Å². The molecule has 3 N–H and O–H groups in total. The molecule has 34 heavy (non-hydrogen) atoms. The van der Waals surface area contributed by atoms with Crippen LogP contribution in [0.5, 0.6) is 5.75 Å². The topological polar surface area (TPSA) is 129 Å². The Labute approximate surface area is 198 Å². The minimum Gasteiger partial charge on any atom is -0.496 e. The number of hydrogen-bond acceptors (Lipinski definition) is 7. The van der Waals surface area contributed by atoms with Crippen LogP contribution >= 0.6 is 0 Å². The van der Waals surface area contributed by atoms with Crippen molar-refractivity contribution >= 4 is 17.4 Å². The molecule has 1 aromatic heterocycles. The van der Waals surface area contributed by atoms with Crippen molar-refractivity contribution in [3.8, 4) is 5.75 Å². The smallest absolute Gasteiger partial charge is 0.330 e. The lowest BCUT2D eigenvalue weighted by molar-refractivity contribution is -0.120. The molecule has 3 rings (SSSR count). The molecular weight excluding hydrogens is 440 g/mol. The summed E-state index contributed by atoms with van der Waals surface area (Å²) in [6.45, 7) is 3.70. The molecule has 0 radical (unpaired) electrons. The third-order valence-electron chi connectivity index (χ3n) is 5.83. The predicted molar refractivity (Wildman–Crippen MR) is 129 cm³/mol. The van der Waals surface area contributed by atoms with Crippen LogP contribution in [0.15, 0.2) is 33.9 Å². The number of amides is 1. The van der Waals surface area contributed by atoms with Gasteiger partial charge in [0, 0.05) is 18.7 Å². The van der Waals surface area contributed by atoms with E-state index in [1.54, 1.807) is 6.07 Å². The van der Waals surface area contributed by atoms with Gasteiger partial charge in [0.05, 0.1) is 39.4 Å². The van der Waals surface area contributed by atoms with Gasteiger partial charge in [-0.2, -0.15) is 0 Å². The summed E-state index contributed by atoms with van der Waals surface area (Å²) < 4.78 is 17.9. The van der Waals surface area contributed by atoms with Crippen molar-refractivity contribution in [1.82, 2.24) is 9.55 Å². The van der Waals surface area contributed by atoms with Crippen LogP contribution in [-0.2, 0) is 27.4 Å². The van der Waals surface area contributed by atoms with Crippen LogP contribution in [0.2, 0.25) is 0 Å². The first-order valence-electron chi connectivity index (χ1n) is 11.7. The number of nitrogens with two attached hydrogens (primary N) is 1. The highest BCUT2D eigenvalue weighted by Gasteiger charge is 2.25. The van der Waals surface area contributed by atoms with Crippen LogP contribution in [0.3, 0.4) is 0 Å². The number of aromatic amines is 1. The van der Waals surface area contributed by atoms with Gasteiger partial charge in [-0.05, 0) is 25.3 Å². The number of anilines is 2. The maximum Gasteiger partial charge on any atom is 0.330 e. The number of para-hydroxylation sites is 1. The van der Waals surface area contributed by atoms with Gasteiger partial charge in [0.25, 0.3) is 5.56 Å². The van der Waals surface area contributed by atoms with Crippen LogP contribution < -0.4 is 26.6 Å². The Morgan fingerprint density at radius 2 is 2.12 bits per heavy atom. The second-order valence-corrected chi connectivity index (χ2v) is 8.25. The summed E-state index contributed by atoms with van der Waals surface area (Å²) >= 11 is 0. The van der Waals surface area contributed by atoms with Gasteiger partial charge in [0.2, 0.25) is 5.91 Å². The van der Waals surface area contributed by atoms with Crippen molar-refractivity contribution in [2.45, 2.75) is 58.2 Å². The Kier molecular flexibility index (Phi) is 9.29. The van der Waals surface area contributed by atoms with Crippen LogP contribution in [0.4, 0.5) is 11.5 Å². The number of benzene rings is 1. The van der Waals surface area contributed by atoms with Gasteiger partial charge in [-0.25, -0.2) is 4.79 Å². The summed E-state index contributed by atoms with van der Waals surface area (Å²) in [5.41, 5.74) is 5.64. The molecule has 0 saturated carbocycles. The molecule has 1 aliphatic rings. The van der Waals surface area contributed by atoms with E-state index in [1.165, 1.54) is 16.6 Å². The van der Waals surface area contributed by atoms with Crippen molar-refractivity contribution in [1.29, 1.82) is 0 Å². The average Bonchev–Trinajstić information content (AvgIpc) is 3.34. The van der Waals surface area contributed by atoms with Gasteiger partial charge in [0.15, 0.2) is 5.69 Å². The van der Waals surface area contributed by atoms with E-state index in [2.05, 4.69) is 4.98 Å². The monoisotopic (exact) mass is 474 g/mol. The van der Waals surface area contributed by atoms with E-state index < -0.39 is 11.2 Å². The lowest BCUT2D eigenvalue weighted by Gasteiger charge is -2.25. The molecule has 0 bridgehead atoms. The molecule has 2 heterocycles. The molecule has 1 aliphatic heterocycles. The SMILES string of the molecule is CCCCn1c(N)c(N(Cc2ccccc2OC)C(=O)CCOCC2CCCO2)c(=O)[nH]c1=O. The zero-order valence-electron chi connectivity index (χ0n) is 19.9. The number of H-pyrrole nitrogens is 1. The molecule has 1 aromatic carbocycles. The first-order valence-corrected chi connectivity index (χ1v) is 11.7. The standard InChI is InChI=1S/C24H34N4O6/c1-3-4-12-27-22(25)21(23(30)26-24(27)31)28(15-17-8-5-6-10-19(17)32-2)20(29)11-14-33-16-18-9-7-13-34-18/h5-6,8,10,18H,3-4,7,9,11-16,25H2,1-2H3,(H,26,30,31). The second kappa shape index (κ2) is 12.4. The fourth-order valence-electron chi connectivity index (χ4n) is 3.96. The normalized spacial score (nSPS) is 15.4. The zero-order chi connectivity index (χ0) is 24.5. The molecule has 10 heteroatoms. The minimum atomic E-state index is -0.709. The van der Waals surface area contributed by atoms with Crippen molar-refractivity contribution in [2.75, 3.05) is 37.6 Å². The maximum atomic E-state index is 13.3. The predicted octanol–water partition coefficient (Wildman–Crippen LogP) is 2.05. The number of unbranched alkanes of at least 4 members (excludes halogenated alkanes) is 1. The number of nitrogens with one attached hydrogen (secondary N) is 1.